The molecule has 0 spiro atoms. The molecule has 1 atom stereocenters. The quantitative estimate of drug-likeness (QED) is 0.729. The molecule has 0 fully saturated rings. The van der Waals surface area contributed by atoms with Crippen molar-refractivity contribution in [1.29, 1.82) is 0 Å². The van der Waals surface area contributed by atoms with E-state index in [1.807, 2.05) is 18.1 Å². The monoisotopic (exact) mass is 206 g/mol. The van der Waals surface area contributed by atoms with E-state index in [4.69, 9.17) is 5.11 Å². The number of anilines is 1. The van der Waals surface area contributed by atoms with Crippen molar-refractivity contribution in [3.05, 3.63) is 23.4 Å². The van der Waals surface area contributed by atoms with Gasteiger partial charge in [0.15, 0.2) is 0 Å². The van der Waals surface area contributed by atoms with E-state index in [1.165, 1.54) is 11.1 Å². The summed E-state index contributed by atoms with van der Waals surface area (Å²) in [5.41, 5.74) is 2.42. The smallest absolute Gasteiger partial charge is 0.131 e. The lowest BCUT2D eigenvalue weighted by Gasteiger charge is -2.22. The molecule has 1 N–H and O–H groups in total. The summed E-state index contributed by atoms with van der Waals surface area (Å²) >= 11 is 0. The number of aliphatic hydroxyl groups excluding tert-OH is 1. The predicted octanol–water partition coefficient (Wildman–Crippen LogP) is 0.513. The SMILES string of the molecule is BC(C)c1cc(C)cnc1N(C)CCO. The van der Waals surface area contributed by atoms with Gasteiger partial charge < -0.3 is 10.0 Å². The topological polar surface area (TPSA) is 36.4 Å². The average Bonchev–Trinajstić information content (AvgIpc) is 2.17. The minimum absolute atomic E-state index is 0.156. The summed E-state index contributed by atoms with van der Waals surface area (Å²) in [4.78, 5) is 6.43. The van der Waals surface area contributed by atoms with Gasteiger partial charge in [-0.3, -0.25) is 0 Å². The van der Waals surface area contributed by atoms with Crippen molar-refractivity contribution in [1.82, 2.24) is 4.98 Å². The zero-order chi connectivity index (χ0) is 11.4. The van der Waals surface area contributed by atoms with Crippen LogP contribution in [0.3, 0.4) is 0 Å². The first-order chi connectivity index (χ1) is 7.06. The third kappa shape index (κ3) is 2.96. The lowest BCUT2D eigenvalue weighted by atomic mass is 9.82. The molecule has 0 saturated carbocycles. The highest BCUT2D eigenvalue weighted by Crippen LogP contribution is 2.23. The van der Waals surface area contributed by atoms with E-state index in [0.29, 0.717) is 12.4 Å². The molecular weight excluding hydrogens is 187 g/mol. The Morgan fingerprint density at radius 2 is 2.27 bits per heavy atom. The Morgan fingerprint density at radius 1 is 1.60 bits per heavy atom. The van der Waals surface area contributed by atoms with Gasteiger partial charge in [0.2, 0.25) is 0 Å². The highest BCUT2D eigenvalue weighted by molar-refractivity contribution is 6.12. The van der Waals surface area contributed by atoms with Crippen molar-refractivity contribution in [3.8, 4) is 0 Å². The summed E-state index contributed by atoms with van der Waals surface area (Å²) < 4.78 is 0. The first-order valence-corrected chi connectivity index (χ1v) is 5.34. The second kappa shape index (κ2) is 5.17. The van der Waals surface area contributed by atoms with Gasteiger partial charge in [0.25, 0.3) is 0 Å². The Labute approximate surface area is 92.5 Å². The number of hydrogen-bond donors (Lipinski definition) is 1. The van der Waals surface area contributed by atoms with Gasteiger partial charge in [0.05, 0.1) is 6.61 Å². The van der Waals surface area contributed by atoms with Gasteiger partial charge >= 0.3 is 0 Å². The molecule has 1 aromatic heterocycles. The zero-order valence-electron chi connectivity index (χ0n) is 9.99. The zero-order valence-corrected chi connectivity index (χ0v) is 9.99. The van der Waals surface area contributed by atoms with E-state index in [2.05, 4.69) is 32.7 Å². The maximum atomic E-state index is 8.91. The second-order valence-corrected chi connectivity index (χ2v) is 4.23. The normalized spacial score (nSPS) is 12.5. The fourth-order valence-corrected chi connectivity index (χ4v) is 1.58. The highest BCUT2D eigenvalue weighted by atomic mass is 16.3. The molecule has 1 unspecified atom stereocenters. The number of aryl methyl sites for hydroxylation is 1. The van der Waals surface area contributed by atoms with E-state index < -0.39 is 0 Å². The summed E-state index contributed by atoms with van der Waals surface area (Å²) in [6.07, 6.45) is 1.87. The number of aliphatic hydroxyl groups is 1. The van der Waals surface area contributed by atoms with E-state index in [-0.39, 0.29) is 6.61 Å². The first-order valence-electron chi connectivity index (χ1n) is 5.34. The Morgan fingerprint density at radius 3 is 2.80 bits per heavy atom. The summed E-state index contributed by atoms with van der Waals surface area (Å²) in [6, 6.07) is 2.17. The van der Waals surface area contributed by atoms with Crippen LogP contribution in [0.5, 0.6) is 0 Å². The van der Waals surface area contributed by atoms with Crippen molar-refractivity contribution < 1.29 is 5.11 Å². The molecule has 0 aliphatic heterocycles. The van der Waals surface area contributed by atoms with Crippen LogP contribution in [0.1, 0.15) is 23.9 Å². The predicted molar refractivity (Wildman–Crippen MR) is 66.3 cm³/mol. The molecule has 82 valence electrons. The standard InChI is InChI=1S/C11H19BN2O/c1-8-6-10(9(2)12)11(13-7-8)14(3)4-5-15/h6-7,9,15H,4-5,12H2,1-3H3. The van der Waals surface area contributed by atoms with Crippen LogP contribution in [0, 0.1) is 6.92 Å². The molecule has 0 saturated heterocycles. The highest BCUT2D eigenvalue weighted by Gasteiger charge is 2.11. The van der Waals surface area contributed by atoms with Crippen LogP contribution in [0.2, 0.25) is 0 Å². The molecular formula is C11H19BN2O. The molecule has 0 aliphatic carbocycles. The third-order valence-corrected chi connectivity index (χ3v) is 2.45. The first kappa shape index (κ1) is 12.0. The molecule has 0 bridgehead atoms. The third-order valence-electron chi connectivity index (χ3n) is 2.45. The van der Waals surface area contributed by atoms with Crippen molar-refractivity contribution in [2.24, 2.45) is 0 Å². The summed E-state index contributed by atoms with van der Waals surface area (Å²) in [6.45, 7) is 4.99. The van der Waals surface area contributed by atoms with Gasteiger partial charge in [-0.2, -0.15) is 0 Å². The Kier molecular flexibility index (Phi) is 4.15. The molecule has 4 heteroatoms. The van der Waals surface area contributed by atoms with Gasteiger partial charge in [0, 0.05) is 19.8 Å². The van der Waals surface area contributed by atoms with Gasteiger partial charge in [-0.05, 0) is 23.9 Å². The lowest BCUT2D eigenvalue weighted by molar-refractivity contribution is 0.303. The summed E-state index contributed by atoms with van der Waals surface area (Å²) in [7, 11) is 4.12. The van der Waals surface area contributed by atoms with Crippen molar-refractivity contribution in [2.75, 3.05) is 25.1 Å². The van der Waals surface area contributed by atoms with Crippen molar-refractivity contribution in [2.45, 2.75) is 19.7 Å². The fraction of sp³-hybridized carbons (Fsp3) is 0.545. The average molecular weight is 206 g/mol. The van der Waals surface area contributed by atoms with E-state index in [9.17, 15) is 0 Å². The van der Waals surface area contributed by atoms with E-state index in [1.54, 1.807) is 0 Å². The van der Waals surface area contributed by atoms with Crippen LogP contribution >= 0.6 is 0 Å². The van der Waals surface area contributed by atoms with Crippen LogP contribution in [0.15, 0.2) is 12.3 Å². The number of rotatable bonds is 4. The van der Waals surface area contributed by atoms with Crippen LogP contribution in [-0.2, 0) is 0 Å². The van der Waals surface area contributed by atoms with Crippen LogP contribution < -0.4 is 4.90 Å². The minimum Gasteiger partial charge on any atom is -0.395 e. The van der Waals surface area contributed by atoms with Gasteiger partial charge in [-0.1, -0.05) is 13.0 Å². The lowest BCUT2D eigenvalue weighted by Crippen LogP contribution is -2.24. The molecule has 0 radical (unpaired) electrons. The maximum Gasteiger partial charge on any atom is 0.131 e. The van der Waals surface area contributed by atoms with Crippen LogP contribution in [0.25, 0.3) is 0 Å². The van der Waals surface area contributed by atoms with E-state index >= 15 is 0 Å². The number of aromatic nitrogens is 1. The number of pyridine rings is 1. The fourth-order valence-electron chi connectivity index (χ4n) is 1.58. The van der Waals surface area contributed by atoms with Gasteiger partial charge in [-0.25, -0.2) is 4.98 Å². The van der Waals surface area contributed by atoms with Gasteiger partial charge in [-0.15, -0.1) is 0 Å². The molecule has 1 rings (SSSR count). The molecule has 15 heavy (non-hydrogen) atoms. The molecule has 1 heterocycles. The number of nitrogens with zero attached hydrogens (tertiary/aromatic N) is 2. The van der Waals surface area contributed by atoms with Crippen molar-refractivity contribution in [3.63, 3.8) is 0 Å². The second-order valence-electron chi connectivity index (χ2n) is 4.23. The van der Waals surface area contributed by atoms with Crippen molar-refractivity contribution >= 4 is 13.7 Å². The number of likely N-dealkylation sites (N-methyl/N-ethyl adjacent to an activating group) is 1. The molecule has 0 aliphatic rings. The Bertz CT molecular complexity index is 328. The summed E-state index contributed by atoms with van der Waals surface area (Å²) in [5, 5.41) is 8.91. The summed E-state index contributed by atoms with van der Waals surface area (Å²) in [5.74, 6) is 1.43. The number of hydrogen-bond acceptors (Lipinski definition) is 3. The van der Waals surface area contributed by atoms with Crippen LogP contribution in [0.4, 0.5) is 5.82 Å². The molecule has 0 aromatic carbocycles. The Balaban J connectivity index is 3.05. The van der Waals surface area contributed by atoms with Gasteiger partial charge in [0.1, 0.15) is 13.7 Å². The van der Waals surface area contributed by atoms with Crippen LogP contribution in [-0.4, -0.2) is 38.1 Å². The molecule has 3 nitrogen and oxygen atoms in total. The largest absolute Gasteiger partial charge is 0.395 e. The Hall–Kier alpha value is -1.03. The molecule has 1 aromatic rings. The minimum atomic E-state index is 0.156. The maximum absolute atomic E-state index is 8.91. The molecule has 0 amide bonds. The van der Waals surface area contributed by atoms with E-state index in [0.717, 1.165) is 5.82 Å².